The Hall–Kier alpha value is -0.390. The van der Waals surface area contributed by atoms with Gasteiger partial charge >= 0.3 is 5.97 Å². The fourth-order valence-corrected chi connectivity index (χ4v) is 2.91. The zero-order valence-electron chi connectivity index (χ0n) is 9.54. The molecular weight excluding hydrogens is 350 g/mol. The molecule has 1 aromatic carbocycles. The van der Waals surface area contributed by atoms with Gasteiger partial charge in [-0.3, -0.25) is 4.79 Å². The van der Waals surface area contributed by atoms with E-state index in [1.807, 2.05) is 18.2 Å². The summed E-state index contributed by atoms with van der Waals surface area (Å²) in [5, 5.41) is 11.8. The average Bonchev–Trinajstić information content (AvgIpc) is 2.23. The van der Waals surface area contributed by atoms with E-state index in [1.54, 1.807) is 0 Å². The number of carboxylic acids is 1. The first-order valence-electron chi connectivity index (χ1n) is 5.41. The van der Waals surface area contributed by atoms with E-state index >= 15 is 0 Å². The molecule has 1 rings (SSSR count). The Kier molecular flexibility index (Phi) is 6.16. The number of carboxylic acid groups (broad SMARTS) is 1. The first-order valence-corrected chi connectivity index (χ1v) is 6.99. The highest BCUT2D eigenvalue weighted by Crippen LogP contribution is 2.26. The largest absolute Gasteiger partial charge is 0.481 e. The van der Waals surface area contributed by atoms with E-state index in [4.69, 9.17) is 5.11 Å². The summed E-state index contributed by atoms with van der Waals surface area (Å²) in [5.41, 5.74) is 1.17. The zero-order chi connectivity index (χ0) is 12.8. The molecule has 0 aliphatic heterocycles. The summed E-state index contributed by atoms with van der Waals surface area (Å²) in [5.74, 6) is -0.746. The van der Waals surface area contributed by atoms with Gasteiger partial charge in [-0.05, 0) is 37.6 Å². The molecule has 1 aromatic rings. The number of carbonyl (C=O) groups is 1. The van der Waals surface area contributed by atoms with Crippen molar-refractivity contribution in [3.63, 3.8) is 0 Å². The molecule has 0 bridgehead atoms. The molecule has 0 spiro atoms. The molecule has 0 fully saturated rings. The van der Waals surface area contributed by atoms with Crippen molar-refractivity contribution in [3.05, 3.63) is 32.7 Å². The monoisotopic (exact) mass is 363 g/mol. The van der Waals surface area contributed by atoms with Crippen LogP contribution in [0, 0.1) is 0 Å². The molecule has 0 saturated heterocycles. The van der Waals surface area contributed by atoms with Crippen LogP contribution in [0.25, 0.3) is 0 Å². The summed E-state index contributed by atoms with van der Waals surface area (Å²) >= 11 is 6.93. The SMILES string of the molecule is CC(NCCCC(=O)O)c1ccc(Br)cc1Br. The molecule has 0 heterocycles. The number of halogens is 2. The van der Waals surface area contributed by atoms with Crippen molar-refractivity contribution in [3.8, 4) is 0 Å². The van der Waals surface area contributed by atoms with Gasteiger partial charge in [0.15, 0.2) is 0 Å². The van der Waals surface area contributed by atoms with Crippen molar-refractivity contribution >= 4 is 37.8 Å². The third-order valence-corrected chi connectivity index (χ3v) is 3.63. The third-order valence-electron chi connectivity index (χ3n) is 2.45. The van der Waals surface area contributed by atoms with Crippen molar-refractivity contribution in [2.24, 2.45) is 0 Å². The van der Waals surface area contributed by atoms with Crippen LogP contribution in [0.2, 0.25) is 0 Å². The minimum absolute atomic E-state index is 0.200. The molecule has 0 radical (unpaired) electrons. The Morgan fingerprint density at radius 2 is 2.18 bits per heavy atom. The topological polar surface area (TPSA) is 49.3 Å². The van der Waals surface area contributed by atoms with Gasteiger partial charge in [-0.15, -0.1) is 0 Å². The van der Waals surface area contributed by atoms with Gasteiger partial charge < -0.3 is 10.4 Å². The molecule has 0 amide bonds. The number of nitrogens with one attached hydrogen (secondary N) is 1. The van der Waals surface area contributed by atoms with Crippen molar-refractivity contribution in [2.45, 2.75) is 25.8 Å². The molecule has 0 aromatic heterocycles. The van der Waals surface area contributed by atoms with Crippen molar-refractivity contribution in [1.29, 1.82) is 0 Å². The minimum atomic E-state index is -0.746. The maximum atomic E-state index is 10.4. The van der Waals surface area contributed by atoms with Gasteiger partial charge in [0.25, 0.3) is 0 Å². The Labute approximate surface area is 118 Å². The Bertz CT molecular complexity index is 396. The van der Waals surface area contributed by atoms with Crippen LogP contribution in [-0.2, 0) is 4.79 Å². The smallest absolute Gasteiger partial charge is 0.303 e. The van der Waals surface area contributed by atoms with Crippen LogP contribution < -0.4 is 5.32 Å². The predicted molar refractivity (Wildman–Crippen MR) is 75.1 cm³/mol. The maximum Gasteiger partial charge on any atom is 0.303 e. The third kappa shape index (κ3) is 5.19. The van der Waals surface area contributed by atoms with Crippen LogP contribution in [0.3, 0.4) is 0 Å². The minimum Gasteiger partial charge on any atom is -0.481 e. The van der Waals surface area contributed by atoms with Crippen LogP contribution >= 0.6 is 31.9 Å². The second-order valence-corrected chi connectivity index (χ2v) is 5.61. The lowest BCUT2D eigenvalue weighted by atomic mass is 10.1. The van der Waals surface area contributed by atoms with Crippen LogP contribution in [0.4, 0.5) is 0 Å². The van der Waals surface area contributed by atoms with Crippen LogP contribution in [0.5, 0.6) is 0 Å². The molecule has 94 valence electrons. The molecule has 5 heteroatoms. The molecule has 17 heavy (non-hydrogen) atoms. The van der Waals surface area contributed by atoms with Crippen LogP contribution in [0.15, 0.2) is 27.1 Å². The second kappa shape index (κ2) is 7.13. The normalized spacial score (nSPS) is 12.4. The first kappa shape index (κ1) is 14.7. The van der Waals surface area contributed by atoms with E-state index in [2.05, 4.69) is 44.1 Å². The van der Waals surface area contributed by atoms with E-state index < -0.39 is 5.97 Å². The van der Waals surface area contributed by atoms with Gasteiger partial charge in [-0.25, -0.2) is 0 Å². The van der Waals surface area contributed by atoms with E-state index in [0.717, 1.165) is 8.95 Å². The second-order valence-electron chi connectivity index (χ2n) is 3.84. The van der Waals surface area contributed by atoms with Gasteiger partial charge in [0.05, 0.1) is 0 Å². The summed E-state index contributed by atoms with van der Waals surface area (Å²) in [7, 11) is 0. The summed E-state index contributed by atoms with van der Waals surface area (Å²) in [6.07, 6.45) is 0.856. The molecule has 0 aliphatic carbocycles. The lowest BCUT2D eigenvalue weighted by molar-refractivity contribution is -0.137. The highest BCUT2D eigenvalue weighted by molar-refractivity contribution is 9.11. The molecular formula is C12H15Br2NO2. The summed E-state index contributed by atoms with van der Waals surface area (Å²) < 4.78 is 2.08. The zero-order valence-corrected chi connectivity index (χ0v) is 12.7. The number of hydrogen-bond donors (Lipinski definition) is 2. The fraction of sp³-hybridized carbons (Fsp3) is 0.417. The average molecular weight is 365 g/mol. The predicted octanol–water partition coefficient (Wildman–Crippen LogP) is 3.73. The van der Waals surface area contributed by atoms with Gasteiger partial charge in [0.1, 0.15) is 0 Å². The van der Waals surface area contributed by atoms with Crippen molar-refractivity contribution in [2.75, 3.05) is 6.54 Å². The molecule has 1 unspecified atom stereocenters. The number of hydrogen-bond acceptors (Lipinski definition) is 2. The van der Waals surface area contributed by atoms with E-state index in [1.165, 1.54) is 5.56 Å². The van der Waals surface area contributed by atoms with Crippen molar-refractivity contribution in [1.82, 2.24) is 5.32 Å². The van der Waals surface area contributed by atoms with Gasteiger partial charge in [0, 0.05) is 21.4 Å². The highest BCUT2D eigenvalue weighted by Gasteiger charge is 2.08. The van der Waals surface area contributed by atoms with Gasteiger partial charge in [-0.1, -0.05) is 37.9 Å². The number of aliphatic carboxylic acids is 1. The van der Waals surface area contributed by atoms with Crippen LogP contribution in [0.1, 0.15) is 31.4 Å². The highest BCUT2D eigenvalue weighted by atomic mass is 79.9. The fourth-order valence-electron chi connectivity index (χ4n) is 1.52. The van der Waals surface area contributed by atoms with E-state index in [9.17, 15) is 4.79 Å². The van der Waals surface area contributed by atoms with E-state index in [0.29, 0.717) is 13.0 Å². The quantitative estimate of drug-likeness (QED) is 0.756. The van der Waals surface area contributed by atoms with Gasteiger partial charge in [-0.2, -0.15) is 0 Å². The summed E-state index contributed by atoms with van der Waals surface area (Å²) in [4.78, 5) is 10.4. The summed E-state index contributed by atoms with van der Waals surface area (Å²) in [6.45, 7) is 2.77. The Balaban J connectivity index is 2.46. The summed E-state index contributed by atoms with van der Waals surface area (Å²) in [6, 6.07) is 6.25. The molecule has 2 N–H and O–H groups in total. The lowest BCUT2D eigenvalue weighted by Gasteiger charge is -2.15. The van der Waals surface area contributed by atoms with Gasteiger partial charge in [0.2, 0.25) is 0 Å². The van der Waals surface area contributed by atoms with E-state index in [-0.39, 0.29) is 12.5 Å². The maximum absolute atomic E-state index is 10.4. The Morgan fingerprint density at radius 1 is 1.47 bits per heavy atom. The molecule has 0 saturated carbocycles. The lowest BCUT2D eigenvalue weighted by Crippen LogP contribution is -2.20. The number of benzene rings is 1. The molecule has 3 nitrogen and oxygen atoms in total. The molecule has 1 atom stereocenters. The Morgan fingerprint density at radius 3 is 2.76 bits per heavy atom. The van der Waals surface area contributed by atoms with Crippen LogP contribution in [-0.4, -0.2) is 17.6 Å². The number of rotatable bonds is 6. The molecule has 0 aliphatic rings. The first-order chi connectivity index (χ1) is 8.00. The standard InChI is InChI=1S/C12H15Br2NO2/c1-8(15-6-2-3-12(16)17)10-5-4-9(13)7-11(10)14/h4-5,7-8,15H,2-3,6H2,1H3,(H,16,17). The van der Waals surface area contributed by atoms with Crippen molar-refractivity contribution < 1.29 is 9.90 Å².